The molecule has 1 saturated heterocycles. The molecule has 1 rings (SSSR count). The summed E-state index contributed by atoms with van der Waals surface area (Å²) < 4.78 is 0. The van der Waals surface area contributed by atoms with Gasteiger partial charge in [0.2, 0.25) is 0 Å². The lowest BCUT2D eigenvalue weighted by Gasteiger charge is -2.30. The molecule has 0 saturated carbocycles. The maximum atomic E-state index is 6.14. The topological polar surface area (TPSA) is 29.3 Å². The van der Waals surface area contributed by atoms with Gasteiger partial charge in [-0.25, -0.2) is 0 Å². The molecule has 1 aliphatic rings. The van der Waals surface area contributed by atoms with Gasteiger partial charge in [-0.05, 0) is 50.1 Å². The molecule has 0 aromatic carbocycles. The van der Waals surface area contributed by atoms with E-state index < -0.39 is 0 Å². The van der Waals surface area contributed by atoms with Crippen LogP contribution in [0, 0.1) is 11.3 Å². The highest BCUT2D eigenvalue weighted by Crippen LogP contribution is 2.34. The van der Waals surface area contributed by atoms with Gasteiger partial charge in [-0.15, -0.1) is 0 Å². The van der Waals surface area contributed by atoms with Gasteiger partial charge < -0.3 is 10.6 Å². The molecule has 2 heteroatoms. The Bertz CT molecular complexity index is 207. The normalized spacial score (nSPS) is 25.6. The number of rotatable bonds is 4. The molecule has 0 aliphatic carbocycles. The third-order valence-electron chi connectivity index (χ3n) is 4.20. The minimum absolute atomic E-state index is 0.381. The first-order chi connectivity index (χ1) is 7.93. The molecule has 1 aliphatic heterocycles. The van der Waals surface area contributed by atoms with Crippen LogP contribution in [0.1, 0.15) is 59.8 Å². The van der Waals surface area contributed by atoms with E-state index in [-0.39, 0.29) is 0 Å². The lowest BCUT2D eigenvalue weighted by molar-refractivity contribution is 0.205. The van der Waals surface area contributed by atoms with Crippen molar-refractivity contribution < 1.29 is 0 Å². The molecule has 1 fully saturated rings. The van der Waals surface area contributed by atoms with E-state index in [1.807, 2.05) is 0 Å². The van der Waals surface area contributed by atoms with Crippen LogP contribution in [0.15, 0.2) is 0 Å². The van der Waals surface area contributed by atoms with E-state index in [4.69, 9.17) is 5.73 Å². The summed E-state index contributed by atoms with van der Waals surface area (Å²) in [6.07, 6.45) is 6.46. The number of hydrogen-bond acceptors (Lipinski definition) is 2. The predicted molar refractivity (Wildman–Crippen MR) is 76.1 cm³/mol. The molecule has 2 atom stereocenters. The highest BCUT2D eigenvalue weighted by atomic mass is 15.1. The number of likely N-dealkylation sites (tertiary alicyclic amines) is 1. The summed E-state index contributed by atoms with van der Waals surface area (Å²) in [6, 6.07) is 0.381. The highest BCUT2D eigenvalue weighted by Gasteiger charge is 2.27. The Morgan fingerprint density at radius 2 is 1.94 bits per heavy atom. The van der Waals surface area contributed by atoms with Crippen molar-refractivity contribution in [3.63, 3.8) is 0 Å². The first kappa shape index (κ1) is 15.0. The van der Waals surface area contributed by atoms with Gasteiger partial charge in [-0.3, -0.25) is 0 Å². The minimum Gasteiger partial charge on any atom is -0.327 e. The lowest BCUT2D eigenvalue weighted by Crippen LogP contribution is -2.38. The Hall–Kier alpha value is -0.0800. The Balaban J connectivity index is 2.37. The number of hydrogen-bond donors (Lipinski definition) is 1. The Kier molecular flexibility index (Phi) is 5.94. The second kappa shape index (κ2) is 6.75. The van der Waals surface area contributed by atoms with Gasteiger partial charge in [0.05, 0.1) is 0 Å². The zero-order chi connectivity index (χ0) is 12.9. The predicted octanol–water partition coefficient (Wildman–Crippen LogP) is 3.26. The standard InChI is InChI=1S/C15H32N2/c1-5-7-14(16)12-17-10-6-8-13(9-11-17)15(2,3)4/h13-14H,5-12,16H2,1-4H3. The van der Waals surface area contributed by atoms with E-state index >= 15 is 0 Å². The molecule has 1 heterocycles. The molecule has 17 heavy (non-hydrogen) atoms. The minimum atomic E-state index is 0.381. The SMILES string of the molecule is CCCC(N)CN1CCCC(C(C)(C)C)CC1. The van der Waals surface area contributed by atoms with Crippen LogP contribution >= 0.6 is 0 Å². The van der Waals surface area contributed by atoms with E-state index in [1.165, 1.54) is 45.2 Å². The molecule has 0 bridgehead atoms. The fraction of sp³-hybridized carbons (Fsp3) is 1.00. The number of nitrogens with zero attached hydrogens (tertiary/aromatic N) is 1. The van der Waals surface area contributed by atoms with Crippen LogP contribution in [-0.4, -0.2) is 30.6 Å². The Labute approximate surface area is 108 Å². The maximum absolute atomic E-state index is 6.14. The first-order valence-corrected chi connectivity index (χ1v) is 7.41. The smallest absolute Gasteiger partial charge is 0.0167 e. The van der Waals surface area contributed by atoms with Gasteiger partial charge in [0.15, 0.2) is 0 Å². The zero-order valence-electron chi connectivity index (χ0n) is 12.3. The van der Waals surface area contributed by atoms with Crippen molar-refractivity contribution in [2.24, 2.45) is 17.1 Å². The highest BCUT2D eigenvalue weighted by molar-refractivity contribution is 4.80. The monoisotopic (exact) mass is 240 g/mol. The van der Waals surface area contributed by atoms with Gasteiger partial charge in [0.25, 0.3) is 0 Å². The molecular formula is C15H32N2. The van der Waals surface area contributed by atoms with Crippen molar-refractivity contribution in [1.82, 2.24) is 4.90 Å². The van der Waals surface area contributed by atoms with Crippen molar-refractivity contribution in [2.45, 2.75) is 65.8 Å². The maximum Gasteiger partial charge on any atom is 0.0167 e. The molecule has 102 valence electrons. The summed E-state index contributed by atoms with van der Waals surface area (Å²) >= 11 is 0. The van der Waals surface area contributed by atoms with Gasteiger partial charge in [-0.1, -0.05) is 34.1 Å². The van der Waals surface area contributed by atoms with Gasteiger partial charge in [0, 0.05) is 12.6 Å². The summed E-state index contributed by atoms with van der Waals surface area (Å²) in [5.74, 6) is 0.884. The van der Waals surface area contributed by atoms with Gasteiger partial charge >= 0.3 is 0 Å². The molecule has 2 nitrogen and oxygen atoms in total. The Morgan fingerprint density at radius 3 is 2.53 bits per heavy atom. The first-order valence-electron chi connectivity index (χ1n) is 7.41. The molecule has 0 radical (unpaired) electrons. The van der Waals surface area contributed by atoms with Gasteiger partial charge in [-0.2, -0.15) is 0 Å². The molecule has 0 amide bonds. The molecule has 2 N–H and O–H groups in total. The summed E-state index contributed by atoms with van der Waals surface area (Å²) in [7, 11) is 0. The summed E-state index contributed by atoms with van der Waals surface area (Å²) in [6.45, 7) is 13.0. The van der Waals surface area contributed by atoms with Crippen LogP contribution in [0.2, 0.25) is 0 Å². The fourth-order valence-electron chi connectivity index (χ4n) is 3.00. The largest absolute Gasteiger partial charge is 0.327 e. The zero-order valence-corrected chi connectivity index (χ0v) is 12.3. The number of nitrogens with two attached hydrogens (primary N) is 1. The third-order valence-corrected chi connectivity index (χ3v) is 4.20. The lowest BCUT2D eigenvalue weighted by atomic mass is 9.77. The molecule has 2 unspecified atom stereocenters. The van der Waals surface area contributed by atoms with Crippen LogP contribution in [-0.2, 0) is 0 Å². The second-order valence-corrected chi connectivity index (χ2v) is 6.84. The fourth-order valence-corrected chi connectivity index (χ4v) is 3.00. The molecular weight excluding hydrogens is 208 g/mol. The second-order valence-electron chi connectivity index (χ2n) is 6.84. The van der Waals surface area contributed by atoms with Crippen molar-refractivity contribution in [1.29, 1.82) is 0 Å². The summed E-state index contributed by atoms with van der Waals surface area (Å²) in [4.78, 5) is 2.59. The quantitative estimate of drug-likeness (QED) is 0.817. The third kappa shape index (κ3) is 5.39. The van der Waals surface area contributed by atoms with Crippen molar-refractivity contribution in [2.75, 3.05) is 19.6 Å². The Morgan fingerprint density at radius 1 is 1.24 bits per heavy atom. The average molecular weight is 240 g/mol. The van der Waals surface area contributed by atoms with E-state index in [1.54, 1.807) is 0 Å². The van der Waals surface area contributed by atoms with Gasteiger partial charge in [0.1, 0.15) is 0 Å². The van der Waals surface area contributed by atoms with Crippen molar-refractivity contribution >= 4 is 0 Å². The van der Waals surface area contributed by atoms with Crippen LogP contribution in [0.4, 0.5) is 0 Å². The summed E-state index contributed by atoms with van der Waals surface area (Å²) in [5, 5.41) is 0. The molecule has 0 aromatic rings. The van der Waals surface area contributed by atoms with Crippen LogP contribution in [0.25, 0.3) is 0 Å². The summed E-state index contributed by atoms with van der Waals surface area (Å²) in [5.41, 5.74) is 6.62. The molecule has 0 spiro atoms. The van der Waals surface area contributed by atoms with E-state index in [2.05, 4.69) is 32.6 Å². The van der Waals surface area contributed by atoms with Crippen molar-refractivity contribution in [3.8, 4) is 0 Å². The molecule has 0 aromatic heterocycles. The average Bonchev–Trinajstić information content (AvgIpc) is 2.42. The van der Waals surface area contributed by atoms with Crippen LogP contribution < -0.4 is 5.73 Å². The van der Waals surface area contributed by atoms with E-state index in [0.29, 0.717) is 11.5 Å². The van der Waals surface area contributed by atoms with E-state index in [0.717, 1.165) is 12.5 Å². The van der Waals surface area contributed by atoms with Crippen molar-refractivity contribution in [3.05, 3.63) is 0 Å². The van der Waals surface area contributed by atoms with Crippen LogP contribution in [0.3, 0.4) is 0 Å². The van der Waals surface area contributed by atoms with E-state index in [9.17, 15) is 0 Å². The van der Waals surface area contributed by atoms with Crippen LogP contribution in [0.5, 0.6) is 0 Å².